The van der Waals surface area contributed by atoms with Crippen molar-refractivity contribution in [2.75, 3.05) is 19.7 Å². The average Bonchev–Trinajstić information content (AvgIpc) is 2.27. The van der Waals surface area contributed by atoms with Crippen LogP contribution in [0.25, 0.3) is 0 Å². The minimum Gasteiger partial charge on any atom is -0.395 e. The summed E-state index contributed by atoms with van der Waals surface area (Å²) in [5.41, 5.74) is 0. The van der Waals surface area contributed by atoms with E-state index in [1.807, 2.05) is 6.08 Å². The Morgan fingerprint density at radius 2 is 2.31 bits per heavy atom. The number of nitrogens with zero attached hydrogens (tertiary/aromatic N) is 1. The first kappa shape index (κ1) is 13.7. The molecule has 0 aromatic carbocycles. The van der Waals surface area contributed by atoms with Crippen molar-refractivity contribution < 1.29 is 10.2 Å². The molecule has 16 heavy (non-hydrogen) atoms. The minimum absolute atomic E-state index is 0.204. The Morgan fingerprint density at radius 1 is 1.56 bits per heavy atom. The van der Waals surface area contributed by atoms with E-state index in [4.69, 9.17) is 0 Å². The van der Waals surface area contributed by atoms with Crippen LogP contribution in [0.4, 0.5) is 0 Å². The van der Waals surface area contributed by atoms with Crippen molar-refractivity contribution in [2.45, 2.75) is 44.8 Å². The van der Waals surface area contributed by atoms with Gasteiger partial charge in [0.25, 0.3) is 0 Å². The zero-order valence-electron chi connectivity index (χ0n) is 10.3. The number of hydrogen-bond donors (Lipinski definition) is 2. The highest BCUT2D eigenvalue weighted by Gasteiger charge is 2.28. The minimum atomic E-state index is -0.294. The highest BCUT2D eigenvalue weighted by atomic mass is 16.3. The van der Waals surface area contributed by atoms with Crippen LogP contribution in [0.5, 0.6) is 0 Å². The Bertz CT molecular complexity index is 208. The predicted molar refractivity (Wildman–Crippen MR) is 66.3 cm³/mol. The Kier molecular flexibility index (Phi) is 6.03. The van der Waals surface area contributed by atoms with Gasteiger partial charge in [-0.15, -0.1) is 6.58 Å². The van der Waals surface area contributed by atoms with Crippen molar-refractivity contribution in [1.29, 1.82) is 0 Å². The fourth-order valence-electron chi connectivity index (χ4n) is 2.53. The van der Waals surface area contributed by atoms with E-state index >= 15 is 0 Å². The molecule has 3 heteroatoms. The van der Waals surface area contributed by atoms with Crippen LogP contribution in [0.2, 0.25) is 0 Å². The number of likely N-dealkylation sites (tertiary alicyclic amines) is 1. The van der Waals surface area contributed by atoms with Crippen LogP contribution in [0.3, 0.4) is 0 Å². The smallest absolute Gasteiger partial charge is 0.0670 e. The quantitative estimate of drug-likeness (QED) is 0.674. The first-order chi connectivity index (χ1) is 7.69. The molecule has 3 nitrogen and oxygen atoms in total. The largest absolute Gasteiger partial charge is 0.395 e. The molecule has 1 heterocycles. The molecule has 2 N–H and O–H groups in total. The van der Waals surface area contributed by atoms with Crippen molar-refractivity contribution in [3.8, 4) is 0 Å². The fourth-order valence-corrected chi connectivity index (χ4v) is 2.53. The van der Waals surface area contributed by atoms with Crippen molar-refractivity contribution in [3.05, 3.63) is 12.7 Å². The van der Waals surface area contributed by atoms with Crippen LogP contribution in [0, 0.1) is 5.92 Å². The molecule has 1 fully saturated rings. The van der Waals surface area contributed by atoms with Gasteiger partial charge in [-0.2, -0.15) is 0 Å². The van der Waals surface area contributed by atoms with Gasteiger partial charge < -0.3 is 10.2 Å². The van der Waals surface area contributed by atoms with Gasteiger partial charge in [-0.05, 0) is 38.1 Å². The monoisotopic (exact) mass is 227 g/mol. The van der Waals surface area contributed by atoms with Gasteiger partial charge in [-0.3, -0.25) is 4.90 Å². The summed E-state index contributed by atoms with van der Waals surface area (Å²) in [4.78, 5) is 2.24. The summed E-state index contributed by atoms with van der Waals surface area (Å²) >= 11 is 0. The number of aliphatic hydroxyl groups excluding tert-OH is 2. The molecule has 0 saturated carbocycles. The molecule has 1 saturated heterocycles. The van der Waals surface area contributed by atoms with Crippen LogP contribution in [-0.2, 0) is 0 Å². The molecule has 1 aliphatic rings. The molecular weight excluding hydrogens is 202 g/mol. The van der Waals surface area contributed by atoms with Gasteiger partial charge in [0.2, 0.25) is 0 Å². The van der Waals surface area contributed by atoms with E-state index in [1.54, 1.807) is 0 Å². The molecule has 0 radical (unpaired) electrons. The zero-order chi connectivity index (χ0) is 12.0. The summed E-state index contributed by atoms with van der Waals surface area (Å²) < 4.78 is 0. The predicted octanol–water partition coefficient (Wildman–Crippen LogP) is 1.41. The lowest BCUT2D eigenvalue weighted by atomic mass is 9.91. The van der Waals surface area contributed by atoms with Gasteiger partial charge in [0.15, 0.2) is 0 Å². The van der Waals surface area contributed by atoms with E-state index in [-0.39, 0.29) is 18.8 Å². The third-order valence-electron chi connectivity index (χ3n) is 3.57. The Hall–Kier alpha value is -0.380. The molecule has 1 rings (SSSR count). The molecule has 0 aromatic heterocycles. The standard InChI is InChI=1S/C13H25NO2/c1-3-4-7-12(16)9-14-8-5-6-11(2)13(14)10-15/h3,11-13,15-16H,1,4-10H2,2H3/t11-,12-,13+/m0/s1. The lowest BCUT2D eigenvalue weighted by molar-refractivity contribution is 0.0153. The van der Waals surface area contributed by atoms with Gasteiger partial charge in [0.05, 0.1) is 12.7 Å². The summed E-state index contributed by atoms with van der Waals surface area (Å²) in [5.74, 6) is 0.533. The number of β-amino-alcohol motifs (C(OH)–C–C–N with tert-alkyl or cyclic N) is 1. The molecule has 0 aliphatic carbocycles. The van der Waals surface area contributed by atoms with Crippen LogP contribution in [-0.4, -0.2) is 47.0 Å². The third-order valence-corrected chi connectivity index (χ3v) is 3.57. The first-order valence-corrected chi connectivity index (χ1v) is 6.33. The van der Waals surface area contributed by atoms with Crippen LogP contribution in [0.15, 0.2) is 12.7 Å². The summed E-state index contributed by atoms with van der Waals surface area (Å²) in [6.07, 6.45) is 5.53. The molecule has 0 bridgehead atoms. The Balaban J connectivity index is 2.40. The maximum Gasteiger partial charge on any atom is 0.0670 e. The van der Waals surface area contributed by atoms with E-state index in [0.29, 0.717) is 12.5 Å². The van der Waals surface area contributed by atoms with E-state index in [1.165, 1.54) is 12.8 Å². The highest BCUT2D eigenvalue weighted by Crippen LogP contribution is 2.23. The molecule has 0 unspecified atom stereocenters. The number of piperidine rings is 1. The fraction of sp³-hybridized carbons (Fsp3) is 0.846. The first-order valence-electron chi connectivity index (χ1n) is 6.33. The molecule has 3 atom stereocenters. The highest BCUT2D eigenvalue weighted by molar-refractivity contribution is 4.83. The number of rotatable bonds is 6. The topological polar surface area (TPSA) is 43.7 Å². The number of aliphatic hydroxyl groups is 2. The second kappa shape index (κ2) is 7.05. The van der Waals surface area contributed by atoms with Crippen molar-refractivity contribution >= 4 is 0 Å². The zero-order valence-corrected chi connectivity index (χ0v) is 10.3. The van der Waals surface area contributed by atoms with Crippen molar-refractivity contribution in [2.24, 2.45) is 5.92 Å². The summed E-state index contributed by atoms with van der Waals surface area (Å²) in [5, 5.41) is 19.2. The summed E-state index contributed by atoms with van der Waals surface area (Å²) in [6, 6.07) is 0.229. The molecule has 1 aliphatic heterocycles. The van der Waals surface area contributed by atoms with Gasteiger partial charge in [-0.25, -0.2) is 0 Å². The van der Waals surface area contributed by atoms with Crippen molar-refractivity contribution in [3.63, 3.8) is 0 Å². The van der Waals surface area contributed by atoms with Gasteiger partial charge in [-0.1, -0.05) is 13.0 Å². The lowest BCUT2D eigenvalue weighted by Gasteiger charge is -2.39. The van der Waals surface area contributed by atoms with E-state index in [2.05, 4.69) is 18.4 Å². The van der Waals surface area contributed by atoms with E-state index < -0.39 is 0 Å². The molecule has 94 valence electrons. The summed E-state index contributed by atoms with van der Waals surface area (Å²) in [7, 11) is 0. The van der Waals surface area contributed by atoms with Crippen molar-refractivity contribution in [1.82, 2.24) is 4.90 Å². The van der Waals surface area contributed by atoms with Crippen LogP contribution >= 0.6 is 0 Å². The maximum absolute atomic E-state index is 9.86. The van der Waals surface area contributed by atoms with Crippen LogP contribution in [0.1, 0.15) is 32.6 Å². The third kappa shape index (κ3) is 3.89. The molecule has 0 aromatic rings. The average molecular weight is 227 g/mol. The number of hydrogen-bond acceptors (Lipinski definition) is 3. The molecule has 0 spiro atoms. The second-order valence-corrected chi connectivity index (χ2v) is 4.88. The second-order valence-electron chi connectivity index (χ2n) is 4.88. The number of allylic oxidation sites excluding steroid dienone is 1. The summed E-state index contributed by atoms with van der Waals surface area (Å²) in [6.45, 7) is 7.73. The molecular formula is C13H25NO2. The SMILES string of the molecule is C=CCC[C@H](O)CN1CCC[C@H](C)[C@H]1CO. The molecule has 0 amide bonds. The van der Waals surface area contributed by atoms with E-state index in [0.717, 1.165) is 19.4 Å². The maximum atomic E-state index is 9.86. The van der Waals surface area contributed by atoms with E-state index in [9.17, 15) is 10.2 Å². The van der Waals surface area contributed by atoms with Gasteiger partial charge in [0, 0.05) is 12.6 Å². The normalized spacial score (nSPS) is 28.9. The van der Waals surface area contributed by atoms with Crippen LogP contribution < -0.4 is 0 Å². The van der Waals surface area contributed by atoms with Gasteiger partial charge >= 0.3 is 0 Å². The lowest BCUT2D eigenvalue weighted by Crippen LogP contribution is -2.49. The van der Waals surface area contributed by atoms with Gasteiger partial charge in [0.1, 0.15) is 0 Å². The Labute approximate surface area is 98.8 Å². The Morgan fingerprint density at radius 3 is 2.94 bits per heavy atom.